The van der Waals surface area contributed by atoms with Gasteiger partial charge in [-0.15, -0.1) is 5.10 Å². The summed E-state index contributed by atoms with van der Waals surface area (Å²) >= 11 is 0. The highest BCUT2D eigenvalue weighted by molar-refractivity contribution is 5.57. The fourth-order valence-corrected chi connectivity index (χ4v) is 1.14. The van der Waals surface area contributed by atoms with Crippen molar-refractivity contribution in [2.45, 2.75) is 0 Å². The van der Waals surface area contributed by atoms with E-state index in [9.17, 15) is 0 Å². The van der Waals surface area contributed by atoms with Crippen molar-refractivity contribution in [3.63, 3.8) is 0 Å². The lowest BCUT2D eigenvalue weighted by Crippen LogP contribution is -2.09. The van der Waals surface area contributed by atoms with Crippen molar-refractivity contribution in [2.24, 2.45) is 0 Å². The van der Waals surface area contributed by atoms with E-state index in [1.165, 1.54) is 0 Å². The van der Waals surface area contributed by atoms with Crippen LogP contribution in [0.5, 0.6) is 0 Å². The van der Waals surface area contributed by atoms with Crippen molar-refractivity contribution in [3.8, 4) is 0 Å². The molecule has 0 unspecified atom stereocenters. The van der Waals surface area contributed by atoms with Crippen LogP contribution in [0, 0.1) is 0 Å². The maximum atomic E-state index is 3.98. The van der Waals surface area contributed by atoms with Gasteiger partial charge in [0.2, 0.25) is 0 Å². The fraction of sp³-hybridized carbons (Fsp3) is 0.111. The number of H-pyrrole nitrogens is 1. The molecule has 0 bridgehead atoms. The van der Waals surface area contributed by atoms with E-state index in [0.29, 0.717) is 0 Å². The molecule has 0 fully saturated rings. The Morgan fingerprint density at radius 2 is 2.00 bits per heavy atom. The Labute approximate surface area is 76.2 Å². The topological polar surface area (TPSA) is 44.8 Å². The molecule has 0 saturated carbocycles. The molecule has 1 heterocycles. The van der Waals surface area contributed by atoms with Crippen LogP contribution in [0.15, 0.2) is 36.5 Å². The summed E-state index contributed by atoms with van der Waals surface area (Å²) in [5.41, 5.74) is 1.09. The summed E-state index contributed by atoms with van der Waals surface area (Å²) in [7, 11) is 1.95. The van der Waals surface area contributed by atoms with Gasteiger partial charge in [0.15, 0.2) is 5.82 Å². The van der Waals surface area contributed by atoms with Crippen LogP contribution < -0.4 is 4.90 Å². The SMILES string of the molecule is CN(c1ccccc1)c1cn[nH]n1. The van der Waals surface area contributed by atoms with Gasteiger partial charge in [0.1, 0.15) is 0 Å². The van der Waals surface area contributed by atoms with Crippen molar-refractivity contribution in [1.29, 1.82) is 0 Å². The van der Waals surface area contributed by atoms with Gasteiger partial charge in [-0.3, -0.25) is 0 Å². The van der Waals surface area contributed by atoms with Crippen LogP contribution in [0.2, 0.25) is 0 Å². The van der Waals surface area contributed by atoms with E-state index in [4.69, 9.17) is 0 Å². The average Bonchev–Trinajstić information content (AvgIpc) is 2.71. The van der Waals surface area contributed by atoms with Gasteiger partial charge in [0.05, 0.1) is 6.20 Å². The molecule has 0 aliphatic rings. The zero-order valence-corrected chi connectivity index (χ0v) is 7.31. The van der Waals surface area contributed by atoms with Crippen molar-refractivity contribution in [1.82, 2.24) is 15.4 Å². The maximum Gasteiger partial charge on any atom is 0.175 e. The second-order valence-electron chi connectivity index (χ2n) is 2.72. The highest BCUT2D eigenvalue weighted by atomic mass is 15.4. The molecule has 2 aromatic rings. The molecule has 4 heteroatoms. The molecular weight excluding hydrogens is 164 g/mol. The lowest BCUT2D eigenvalue weighted by Gasteiger charge is -2.14. The van der Waals surface area contributed by atoms with Crippen LogP contribution >= 0.6 is 0 Å². The van der Waals surface area contributed by atoms with E-state index in [0.717, 1.165) is 11.5 Å². The molecule has 1 N–H and O–H groups in total. The molecule has 0 aliphatic carbocycles. The monoisotopic (exact) mass is 174 g/mol. The van der Waals surface area contributed by atoms with Gasteiger partial charge in [-0.05, 0) is 12.1 Å². The standard InChI is InChI=1S/C9H10N4/c1-13(9-7-10-12-11-9)8-5-3-2-4-6-8/h2-7H,1H3,(H,10,11,12). The van der Waals surface area contributed by atoms with Gasteiger partial charge in [-0.2, -0.15) is 10.3 Å². The molecule has 0 spiro atoms. The Morgan fingerprint density at radius 1 is 1.23 bits per heavy atom. The Morgan fingerprint density at radius 3 is 2.62 bits per heavy atom. The van der Waals surface area contributed by atoms with Gasteiger partial charge >= 0.3 is 0 Å². The number of anilines is 2. The Balaban J connectivity index is 2.29. The number of benzene rings is 1. The highest BCUT2D eigenvalue weighted by Crippen LogP contribution is 2.18. The summed E-state index contributed by atoms with van der Waals surface area (Å²) < 4.78 is 0. The number of para-hydroxylation sites is 1. The highest BCUT2D eigenvalue weighted by Gasteiger charge is 2.04. The van der Waals surface area contributed by atoms with Crippen LogP contribution in [0.4, 0.5) is 11.5 Å². The molecule has 4 nitrogen and oxygen atoms in total. The molecule has 2 rings (SSSR count). The first-order chi connectivity index (χ1) is 6.38. The van der Waals surface area contributed by atoms with E-state index in [1.54, 1.807) is 6.20 Å². The molecule has 0 amide bonds. The fourth-order valence-electron chi connectivity index (χ4n) is 1.14. The summed E-state index contributed by atoms with van der Waals surface area (Å²) in [4.78, 5) is 1.96. The number of hydrogen-bond donors (Lipinski definition) is 1. The average molecular weight is 174 g/mol. The third kappa shape index (κ3) is 1.51. The number of nitrogens with zero attached hydrogens (tertiary/aromatic N) is 3. The largest absolute Gasteiger partial charge is 0.327 e. The van der Waals surface area contributed by atoms with Crippen LogP contribution in [0.3, 0.4) is 0 Å². The van der Waals surface area contributed by atoms with Crippen molar-refractivity contribution >= 4 is 11.5 Å². The maximum absolute atomic E-state index is 3.98. The Bertz CT molecular complexity index is 354. The first kappa shape index (κ1) is 7.79. The van der Waals surface area contributed by atoms with Gasteiger partial charge in [0, 0.05) is 12.7 Å². The number of aromatic amines is 1. The Hall–Kier alpha value is -1.84. The summed E-state index contributed by atoms with van der Waals surface area (Å²) in [6.07, 6.45) is 1.69. The van der Waals surface area contributed by atoms with E-state index in [-0.39, 0.29) is 0 Å². The first-order valence-electron chi connectivity index (χ1n) is 4.02. The first-order valence-corrected chi connectivity index (χ1v) is 4.02. The number of nitrogens with one attached hydrogen (secondary N) is 1. The molecule has 0 radical (unpaired) electrons. The Kier molecular flexibility index (Phi) is 1.96. The molecule has 0 atom stereocenters. The summed E-state index contributed by atoms with van der Waals surface area (Å²) in [5, 5.41) is 10.3. The zero-order valence-electron chi connectivity index (χ0n) is 7.31. The molecular formula is C9H10N4. The second kappa shape index (κ2) is 3.26. The van der Waals surface area contributed by atoms with Gasteiger partial charge < -0.3 is 4.90 Å². The third-order valence-electron chi connectivity index (χ3n) is 1.89. The lowest BCUT2D eigenvalue weighted by molar-refractivity contribution is 0.933. The van der Waals surface area contributed by atoms with E-state index >= 15 is 0 Å². The minimum atomic E-state index is 0.811. The molecule has 1 aromatic heterocycles. The number of aromatic nitrogens is 3. The number of rotatable bonds is 2. The van der Waals surface area contributed by atoms with Gasteiger partial charge in [-0.1, -0.05) is 18.2 Å². The predicted molar refractivity (Wildman–Crippen MR) is 50.9 cm³/mol. The summed E-state index contributed by atoms with van der Waals surface area (Å²) in [6.45, 7) is 0. The quantitative estimate of drug-likeness (QED) is 0.751. The van der Waals surface area contributed by atoms with E-state index in [1.807, 2.05) is 42.3 Å². The summed E-state index contributed by atoms with van der Waals surface area (Å²) in [6, 6.07) is 10.0. The predicted octanol–water partition coefficient (Wildman–Crippen LogP) is 1.57. The van der Waals surface area contributed by atoms with Crippen LogP contribution in [-0.4, -0.2) is 22.5 Å². The van der Waals surface area contributed by atoms with E-state index in [2.05, 4.69) is 15.4 Å². The normalized spacial score (nSPS) is 9.92. The smallest absolute Gasteiger partial charge is 0.175 e. The van der Waals surface area contributed by atoms with Crippen LogP contribution in [0.1, 0.15) is 0 Å². The summed E-state index contributed by atoms with van der Waals surface area (Å²) in [5.74, 6) is 0.811. The molecule has 13 heavy (non-hydrogen) atoms. The molecule has 66 valence electrons. The van der Waals surface area contributed by atoms with E-state index < -0.39 is 0 Å². The van der Waals surface area contributed by atoms with Crippen molar-refractivity contribution in [3.05, 3.63) is 36.5 Å². The third-order valence-corrected chi connectivity index (χ3v) is 1.89. The second-order valence-corrected chi connectivity index (χ2v) is 2.72. The van der Waals surface area contributed by atoms with Crippen molar-refractivity contribution in [2.75, 3.05) is 11.9 Å². The molecule has 1 aromatic carbocycles. The van der Waals surface area contributed by atoms with Crippen LogP contribution in [-0.2, 0) is 0 Å². The van der Waals surface area contributed by atoms with Gasteiger partial charge in [-0.25, -0.2) is 0 Å². The minimum absolute atomic E-state index is 0.811. The molecule has 0 aliphatic heterocycles. The molecule has 0 saturated heterocycles. The minimum Gasteiger partial charge on any atom is -0.327 e. The van der Waals surface area contributed by atoms with Crippen LogP contribution in [0.25, 0.3) is 0 Å². The number of hydrogen-bond acceptors (Lipinski definition) is 3. The lowest BCUT2D eigenvalue weighted by atomic mass is 10.3. The zero-order chi connectivity index (χ0) is 9.10. The van der Waals surface area contributed by atoms with Gasteiger partial charge in [0.25, 0.3) is 0 Å². The van der Waals surface area contributed by atoms with Crippen molar-refractivity contribution < 1.29 is 0 Å².